The number of nitrogens with zero attached hydrogens (tertiary/aromatic N) is 1. The number of hydrogen-bond acceptors (Lipinski definition) is 3. The monoisotopic (exact) mass is 434 g/mol. The molecule has 0 radical (unpaired) electrons. The summed E-state index contributed by atoms with van der Waals surface area (Å²) in [5.41, 5.74) is 1.20. The minimum absolute atomic E-state index is 0.0476. The van der Waals surface area contributed by atoms with Crippen molar-refractivity contribution in [1.29, 1.82) is 0 Å². The Balaban J connectivity index is 1.69. The van der Waals surface area contributed by atoms with Crippen LogP contribution in [0, 0.1) is 5.82 Å². The predicted octanol–water partition coefficient (Wildman–Crippen LogP) is 4.90. The van der Waals surface area contributed by atoms with Gasteiger partial charge in [-0.05, 0) is 43.0 Å². The van der Waals surface area contributed by atoms with E-state index in [0.717, 1.165) is 31.2 Å². The van der Waals surface area contributed by atoms with Crippen LogP contribution in [0.15, 0.2) is 77.4 Å². The molecular weight excluding hydrogens is 407 g/mol. The zero-order valence-electron chi connectivity index (χ0n) is 17.9. The maximum atomic E-state index is 14.9. The highest BCUT2D eigenvalue weighted by atomic mass is 19.1. The smallest absolute Gasteiger partial charge is 0.290 e. The van der Waals surface area contributed by atoms with Crippen LogP contribution in [-0.2, 0) is 11.2 Å². The predicted molar refractivity (Wildman–Crippen MR) is 119 cm³/mol. The van der Waals surface area contributed by atoms with Gasteiger partial charge in [0.1, 0.15) is 11.9 Å². The van der Waals surface area contributed by atoms with Crippen molar-refractivity contribution in [1.82, 2.24) is 10.2 Å². The first-order valence-corrected chi connectivity index (χ1v) is 11.1. The van der Waals surface area contributed by atoms with Crippen molar-refractivity contribution in [3.63, 3.8) is 0 Å². The summed E-state index contributed by atoms with van der Waals surface area (Å²) in [4.78, 5) is 28.3. The molecule has 1 aliphatic rings. The summed E-state index contributed by atoms with van der Waals surface area (Å²) in [5, 5.41) is 3.05. The van der Waals surface area contributed by atoms with Crippen LogP contribution in [0.2, 0.25) is 0 Å². The molecular formula is C26H27FN2O3. The average Bonchev–Trinajstić information content (AvgIpc) is 3.52. The molecule has 1 saturated carbocycles. The van der Waals surface area contributed by atoms with E-state index in [0.29, 0.717) is 6.42 Å². The molecule has 166 valence electrons. The zero-order chi connectivity index (χ0) is 22.3. The van der Waals surface area contributed by atoms with Crippen LogP contribution < -0.4 is 5.32 Å². The second-order valence-electron chi connectivity index (χ2n) is 8.13. The van der Waals surface area contributed by atoms with Gasteiger partial charge in [-0.1, -0.05) is 61.4 Å². The van der Waals surface area contributed by atoms with Crippen LogP contribution in [0.3, 0.4) is 0 Å². The summed E-state index contributed by atoms with van der Waals surface area (Å²) in [6.07, 6.45) is 5.84. The Kier molecular flexibility index (Phi) is 7.00. The number of furan rings is 1. The number of rotatable bonds is 8. The van der Waals surface area contributed by atoms with Crippen LogP contribution in [0.1, 0.15) is 53.4 Å². The molecule has 6 heteroatoms. The van der Waals surface area contributed by atoms with Crippen molar-refractivity contribution < 1.29 is 18.4 Å². The Morgan fingerprint density at radius 1 is 1.00 bits per heavy atom. The molecule has 1 N–H and O–H groups in total. The number of amides is 2. The van der Waals surface area contributed by atoms with Crippen LogP contribution in [0.5, 0.6) is 0 Å². The summed E-state index contributed by atoms with van der Waals surface area (Å²) in [5.74, 6) is -1.21. The molecule has 0 saturated heterocycles. The van der Waals surface area contributed by atoms with E-state index >= 15 is 0 Å². The molecule has 0 aliphatic heterocycles. The van der Waals surface area contributed by atoms with E-state index in [4.69, 9.17) is 4.42 Å². The third-order valence-corrected chi connectivity index (χ3v) is 5.94. The standard InChI is InChI=1S/C26H27FN2O3/c27-22-14-7-6-13-21(22)24(25(30)28-20-11-4-5-12-20)29(26(31)23-15-8-18-32-23)17-16-19-9-2-1-3-10-19/h1-3,6-10,13-15,18,20,24H,4-5,11-12,16-17H2,(H,28,30)/t24-/m0/s1. The minimum Gasteiger partial charge on any atom is -0.459 e. The number of halogens is 1. The van der Waals surface area contributed by atoms with Gasteiger partial charge in [-0.2, -0.15) is 0 Å². The van der Waals surface area contributed by atoms with E-state index < -0.39 is 17.8 Å². The maximum Gasteiger partial charge on any atom is 0.290 e. The first-order chi connectivity index (χ1) is 15.6. The van der Waals surface area contributed by atoms with Crippen molar-refractivity contribution in [3.8, 4) is 0 Å². The van der Waals surface area contributed by atoms with Crippen LogP contribution >= 0.6 is 0 Å². The van der Waals surface area contributed by atoms with Gasteiger partial charge < -0.3 is 14.6 Å². The molecule has 2 aromatic carbocycles. The number of nitrogens with one attached hydrogen (secondary N) is 1. The molecule has 0 unspecified atom stereocenters. The Labute approximate surface area is 187 Å². The van der Waals surface area contributed by atoms with E-state index in [2.05, 4.69) is 5.32 Å². The number of carbonyl (C=O) groups excluding carboxylic acids is 2. The highest BCUT2D eigenvalue weighted by Gasteiger charge is 2.35. The van der Waals surface area contributed by atoms with Gasteiger partial charge in [0.05, 0.1) is 6.26 Å². The molecule has 3 aromatic rings. The van der Waals surface area contributed by atoms with Crippen LogP contribution in [0.4, 0.5) is 4.39 Å². The molecule has 5 nitrogen and oxygen atoms in total. The third kappa shape index (κ3) is 5.07. The fourth-order valence-electron chi connectivity index (χ4n) is 4.28. The Hall–Kier alpha value is -3.41. The number of hydrogen-bond donors (Lipinski definition) is 1. The fourth-order valence-corrected chi connectivity index (χ4v) is 4.28. The molecule has 1 aliphatic carbocycles. The third-order valence-electron chi connectivity index (χ3n) is 5.94. The first kappa shape index (κ1) is 21.8. The summed E-state index contributed by atoms with van der Waals surface area (Å²) in [6, 6.07) is 18.0. The van der Waals surface area contributed by atoms with Gasteiger partial charge in [0.25, 0.3) is 5.91 Å². The molecule has 1 atom stereocenters. The van der Waals surface area contributed by atoms with Crippen LogP contribution in [0.25, 0.3) is 0 Å². The lowest BCUT2D eigenvalue weighted by Gasteiger charge is -2.32. The van der Waals surface area contributed by atoms with Gasteiger partial charge in [-0.3, -0.25) is 9.59 Å². The number of benzene rings is 2. The Bertz CT molecular complexity index is 1030. The van der Waals surface area contributed by atoms with E-state index in [9.17, 15) is 14.0 Å². The Morgan fingerprint density at radius 2 is 1.72 bits per heavy atom. The quantitative estimate of drug-likeness (QED) is 0.548. The van der Waals surface area contributed by atoms with Crippen molar-refractivity contribution >= 4 is 11.8 Å². The summed E-state index contributed by atoms with van der Waals surface area (Å²) in [6.45, 7) is 0.237. The molecule has 1 heterocycles. The van der Waals surface area contributed by atoms with E-state index in [1.807, 2.05) is 30.3 Å². The number of carbonyl (C=O) groups is 2. The second-order valence-corrected chi connectivity index (χ2v) is 8.13. The molecule has 1 aromatic heterocycles. The Morgan fingerprint density at radius 3 is 2.41 bits per heavy atom. The van der Waals surface area contributed by atoms with Crippen LogP contribution in [-0.4, -0.2) is 29.3 Å². The minimum atomic E-state index is -1.10. The second kappa shape index (κ2) is 10.3. The van der Waals surface area contributed by atoms with Crippen molar-refractivity contribution in [2.45, 2.75) is 44.2 Å². The topological polar surface area (TPSA) is 62.6 Å². The fraction of sp³-hybridized carbons (Fsp3) is 0.308. The summed E-state index contributed by atoms with van der Waals surface area (Å²) < 4.78 is 20.2. The lowest BCUT2D eigenvalue weighted by Crippen LogP contribution is -2.47. The zero-order valence-corrected chi connectivity index (χ0v) is 17.9. The van der Waals surface area contributed by atoms with Gasteiger partial charge >= 0.3 is 0 Å². The normalized spacial score (nSPS) is 14.8. The average molecular weight is 435 g/mol. The molecule has 0 bridgehead atoms. The largest absolute Gasteiger partial charge is 0.459 e. The maximum absolute atomic E-state index is 14.9. The highest BCUT2D eigenvalue weighted by molar-refractivity contribution is 5.96. The summed E-state index contributed by atoms with van der Waals surface area (Å²) in [7, 11) is 0. The molecule has 2 amide bonds. The van der Waals surface area contributed by atoms with Gasteiger partial charge in [-0.15, -0.1) is 0 Å². The van der Waals surface area contributed by atoms with Gasteiger partial charge in [-0.25, -0.2) is 4.39 Å². The van der Waals surface area contributed by atoms with Crippen molar-refractivity contribution in [3.05, 3.63) is 95.7 Å². The summed E-state index contributed by atoms with van der Waals surface area (Å²) >= 11 is 0. The lowest BCUT2D eigenvalue weighted by atomic mass is 10.0. The first-order valence-electron chi connectivity index (χ1n) is 11.1. The SMILES string of the molecule is O=C(NC1CCCC1)[C@H](c1ccccc1F)N(CCc1ccccc1)C(=O)c1ccco1. The van der Waals surface area contributed by atoms with Gasteiger partial charge in [0.15, 0.2) is 5.76 Å². The van der Waals surface area contributed by atoms with Crippen molar-refractivity contribution in [2.24, 2.45) is 0 Å². The van der Waals surface area contributed by atoms with E-state index in [-0.39, 0.29) is 29.8 Å². The van der Waals surface area contributed by atoms with E-state index in [1.165, 1.54) is 17.2 Å². The molecule has 0 spiro atoms. The highest BCUT2D eigenvalue weighted by Crippen LogP contribution is 2.28. The molecule has 1 fully saturated rings. The molecule has 4 rings (SSSR count). The van der Waals surface area contributed by atoms with Crippen molar-refractivity contribution in [2.75, 3.05) is 6.54 Å². The lowest BCUT2D eigenvalue weighted by molar-refractivity contribution is -0.126. The van der Waals surface area contributed by atoms with Gasteiger partial charge in [0, 0.05) is 18.2 Å². The van der Waals surface area contributed by atoms with Gasteiger partial charge in [0.2, 0.25) is 5.91 Å². The molecule has 32 heavy (non-hydrogen) atoms. The van der Waals surface area contributed by atoms with E-state index in [1.54, 1.807) is 30.3 Å².